The maximum absolute atomic E-state index is 12.6. The monoisotopic (exact) mass is 486 g/mol. The lowest BCUT2D eigenvalue weighted by atomic mass is 10.1. The van der Waals surface area contributed by atoms with Crippen LogP contribution in [-0.2, 0) is 4.79 Å². The van der Waals surface area contributed by atoms with Crippen molar-refractivity contribution in [2.24, 2.45) is 0 Å². The van der Waals surface area contributed by atoms with Gasteiger partial charge in [0.15, 0.2) is 0 Å². The summed E-state index contributed by atoms with van der Waals surface area (Å²) in [5, 5.41) is 15.5. The summed E-state index contributed by atoms with van der Waals surface area (Å²) in [5.41, 5.74) is 4.44. The van der Waals surface area contributed by atoms with Gasteiger partial charge in [-0.2, -0.15) is 0 Å². The Bertz CT molecular complexity index is 1250. The van der Waals surface area contributed by atoms with Crippen molar-refractivity contribution in [3.8, 4) is 0 Å². The van der Waals surface area contributed by atoms with E-state index in [0.717, 1.165) is 22.5 Å². The number of amides is 2. The lowest BCUT2D eigenvalue weighted by Crippen LogP contribution is -2.48. The number of piperazine rings is 1. The standard InChI is InChI=1S/C28H30N4O4/c1-19-7-6-8-20(2)26(19)30-25(33)18-31-13-15-32(16-14-31)22-11-12-24(23(17-22)28(35)36)29-27(34)21-9-4-3-5-10-21/h3-12,17H,13-16,18H2,1-2H3,(H,29,34)(H,30,33)(H,35,36). The molecule has 0 radical (unpaired) electrons. The summed E-state index contributed by atoms with van der Waals surface area (Å²) in [7, 11) is 0. The number of carboxylic acid groups (broad SMARTS) is 1. The summed E-state index contributed by atoms with van der Waals surface area (Å²) < 4.78 is 0. The molecule has 0 spiro atoms. The SMILES string of the molecule is Cc1cccc(C)c1NC(=O)CN1CCN(c2ccc(NC(=O)c3ccccc3)c(C(=O)O)c2)CC1. The number of nitrogens with zero attached hydrogens (tertiary/aromatic N) is 2. The summed E-state index contributed by atoms with van der Waals surface area (Å²) in [6, 6.07) is 19.6. The minimum atomic E-state index is -1.11. The third-order valence-corrected chi connectivity index (χ3v) is 6.37. The number of aromatic carboxylic acids is 1. The van der Waals surface area contributed by atoms with Crippen molar-refractivity contribution in [3.05, 3.63) is 89.0 Å². The highest BCUT2D eigenvalue weighted by molar-refractivity contribution is 6.08. The van der Waals surface area contributed by atoms with Gasteiger partial charge in [0.1, 0.15) is 0 Å². The van der Waals surface area contributed by atoms with Crippen LogP contribution in [0.15, 0.2) is 66.7 Å². The van der Waals surface area contributed by atoms with Crippen LogP contribution >= 0.6 is 0 Å². The normalized spacial score (nSPS) is 13.8. The van der Waals surface area contributed by atoms with E-state index >= 15 is 0 Å². The molecule has 1 saturated heterocycles. The second kappa shape index (κ2) is 11.0. The number of hydrogen-bond acceptors (Lipinski definition) is 5. The number of nitrogens with one attached hydrogen (secondary N) is 2. The molecule has 8 heteroatoms. The van der Waals surface area contributed by atoms with Crippen LogP contribution in [0.3, 0.4) is 0 Å². The minimum absolute atomic E-state index is 0.0344. The Hall–Kier alpha value is -4.17. The highest BCUT2D eigenvalue weighted by Gasteiger charge is 2.22. The predicted octanol–water partition coefficient (Wildman–Crippen LogP) is 4.01. The van der Waals surface area contributed by atoms with Crippen molar-refractivity contribution in [2.45, 2.75) is 13.8 Å². The number of anilines is 3. The van der Waals surface area contributed by atoms with E-state index in [9.17, 15) is 19.5 Å². The fraction of sp³-hybridized carbons (Fsp3) is 0.250. The third kappa shape index (κ3) is 5.90. The first-order valence-corrected chi connectivity index (χ1v) is 11.9. The van der Waals surface area contributed by atoms with Crippen molar-refractivity contribution in [3.63, 3.8) is 0 Å². The van der Waals surface area contributed by atoms with Crippen LogP contribution in [-0.4, -0.2) is 60.5 Å². The van der Waals surface area contributed by atoms with E-state index in [4.69, 9.17) is 0 Å². The molecule has 0 bridgehead atoms. The Morgan fingerprint density at radius 2 is 1.50 bits per heavy atom. The number of aryl methyl sites for hydroxylation is 2. The first-order chi connectivity index (χ1) is 17.3. The molecule has 36 heavy (non-hydrogen) atoms. The quantitative estimate of drug-likeness (QED) is 0.466. The second-order valence-corrected chi connectivity index (χ2v) is 8.93. The average Bonchev–Trinajstić information content (AvgIpc) is 2.87. The molecule has 0 aromatic heterocycles. The number of hydrogen-bond donors (Lipinski definition) is 3. The minimum Gasteiger partial charge on any atom is -0.478 e. The maximum atomic E-state index is 12.6. The van der Waals surface area contributed by atoms with Crippen molar-refractivity contribution < 1.29 is 19.5 Å². The molecule has 8 nitrogen and oxygen atoms in total. The Morgan fingerprint density at radius 3 is 2.14 bits per heavy atom. The van der Waals surface area contributed by atoms with E-state index in [1.165, 1.54) is 0 Å². The molecule has 1 aliphatic heterocycles. The van der Waals surface area contributed by atoms with E-state index in [2.05, 4.69) is 20.4 Å². The lowest BCUT2D eigenvalue weighted by Gasteiger charge is -2.36. The van der Waals surface area contributed by atoms with E-state index in [1.807, 2.05) is 44.2 Å². The molecule has 0 atom stereocenters. The fourth-order valence-electron chi connectivity index (χ4n) is 4.36. The zero-order chi connectivity index (χ0) is 25.7. The number of rotatable bonds is 7. The Balaban J connectivity index is 1.36. The van der Waals surface area contributed by atoms with Crippen molar-refractivity contribution in [2.75, 3.05) is 48.3 Å². The van der Waals surface area contributed by atoms with Crippen LogP contribution in [0.1, 0.15) is 31.8 Å². The van der Waals surface area contributed by atoms with E-state index < -0.39 is 5.97 Å². The molecule has 1 heterocycles. The van der Waals surface area contributed by atoms with Gasteiger partial charge in [-0.15, -0.1) is 0 Å². The molecule has 186 valence electrons. The van der Waals surface area contributed by atoms with Crippen LogP contribution in [0.5, 0.6) is 0 Å². The van der Waals surface area contributed by atoms with Crippen LogP contribution in [0, 0.1) is 13.8 Å². The second-order valence-electron chi connectivity index (χ2n) is 8.93. The number of carbonyl (C=O) groups is 3. The molecule has 3 N–H and O–H groups in total. The van der Waals surface area contributed by atoms with Crippen molar-refractivity contribution in [1.29, 1.82) is 0 Å². The zero-order valence-corrected chi connectivity index (χ0v) is 20.5. The molecule has 0 aliphatic carbocycles. The molecular weight excluding hydrogens is 456 g/mol. The van der Waals surface area contributed by atoms with Gasteiger partial charge in [0, 0.05) is 43.1 Å². The Morgan fingerprint density at radius 1 is 0.833 bits per heavy atom. The maximum Gasteiger partial charge on any atom is 0.337 e. The summed E-state index contributed by atoms with van der Waals surface area (Å²) in [6.07, 6.45) is 0. The third-order valence-electron chi connectivity index (χ3n) is 6.37. The average molecular weight is 487 g/mol. The molecule has 4 rings (SSSR count). The van der Waals surface area contributed by atoms with Crippen LogP contribution in [0.25, 0.3) is 0 Å². The van der Waals surface area contributed by atoms with Gasteiger partial charge >= 0.3 is 5.97 Å². The van der Waals surface area contributed by atoms with Gasteiger partial charge in [0.25, 0.3) is 5.91 Å². The fourth-order valence-corrected chi connectivity index (χ4v) is 4.36. The molecule has 3 aromatic rings. The number of benzene rings is 3. The van der Waals surface area contributed by atoms with Gasteiger partial charge in [-0.05, 0) is 55.3 Å². The predicted molar refractivity (Wildman–Crippen MR) is 141 cm³/mol. The molecular formula is C28H30N4O4. The van der Waals surface area contributed by atoms with Crippen molar-refractivity contribution in [1.82, 2.24) is 4.90 Å². The molecule has 3 aromatic carbocycles. The van der Waals surface area contributed by atoms with Gasteiger partial charge in [-0.25, -0.2) is 4.79 Å². The highest BCUT2D eigenvalue weighted by Crippen LogP contribution is 2.25. The number of carbonyl (C=O) groups excluding carboxylic acids is 2. The smallest absolute Gasteiger partial charge is 0.337 e. The highest BCUT2D eigenvalue weighted by atomic mass is 16.4. The van der Waals surface area contributed by atoms with Crippen LogP contribution < -0.4 is 15.5 Å². The lowest BCUT2D eigenvalue weighted by molar-refractivity contribution is -0.117. The molecule has 1 fully saturated rings. The summed E-state index contributed by atoms with van der Waals surface area (Å²) in [5.74, 6) is -1.52. The van der Waals surface area contributed by atoms with Crippen LogP contribution in [0.4, 0.5) is 17.1 Å². The van der Waals surface area contributed by atoms with Gasteiger partial charge < -0.3 is 20.6 Å². The molecule has 0 unspecified atom stereocenters. The summed E-state index contributed by atoms with van der Waals surface area (Å²) >= 11 is 0. The zero-order valence-electron chi connectivity index (χ0n) is 20.5. The van der Waals surface area contributed by atoms with Gasteiger partial charge in [-0.3, -0.25) is 14.5 Å². The van der Waals surface area contributed by atoms with E-state index in [0.29, 0.717) is 38.3 Å². The molecule has 1 aliphatic rings. The number of para-hydroxylation sites is 1. The Kier molecular flexibility index (Phi) is 7.65. The van der Waals surface area contributed by atoms with Gasteiger partial charge in [-0.1, -0.05) is 36.4 Å². The summed E-state index contributed by atoms with van der Waals surface area (Å²) in [4.78, 5) is 41.2. The number of carboxylic acids is 1. The molecule has 0 saturated carbocycles. The topological polar surface area (TPSA) is 102 Å². The first-order valence-electron chi connectivity index (χ1n) is 11.9. The van der Waals surface area contributed by atoms with E-state index in [-0.39, 0.29) is 23.1 Å². The first kappa shape index (κ1) is 24.9. The molecule has 2 amide bonds. The summed E-state index contributed by atoms with van der Waals surface area (Å²) in [6.45, 7) is 6.92. The van der Waals surface area contributed by atoms with Gasteiger partial charge in [0.05, 0.1) is 17.8 Å². The van der Waals surface area contributed by atoms with E-state index in [1.54, 1.807) is 36.4 Å². The Labute approximate surface area is 210 Å². The largest absolute Gasteiger partial charge is 0.478 e. The van der Waals surface area contributed by atoms with Crippen molar-refractivity contribution >= 4 is 34.8 Å². The van der Waals surface area contributed by atoms with Crippen LogP contribution in [0.2, 0.25) is 0 Å². The van der Waals surface area contributed by atoms with Gasteiger partial charge in [0.2, 0.25) is 5.91 Å².